The van der Waals surface area contributed by atoms with Gasteiger partial charge in [-0.2, -0.15) is 0 Å². The Hall–Kier alpha value is -4.47. The van der Waals surface area contributed by atoms with Crippen molar-refractivity contribution in [2.24, 2.45) is 0 Å². The molecule has 0 aliphatic carbocycles. The van der Waals surface area contributed by atoms with Crippen molar-refractivity contribution in [3.63, 3.8) is 0 Å². The Morgan fingerprint density at radius 1 is 0.424 bits per heavy atom. The molecule has 0 radical (unpaired) electrons. The second kappa shape index (κ2) is 19.5. The van der Waals surface area contributed by atoms with Gasteiger partial charge in [0.15, 0.2) is 0 Å². The van der Waals surface area contributed by atoms with E-state index in [1.54, 1.807) is 98.1 Å². The summed E-state index contributed by atoms with van der Waals surface area (Å²) in [6, 6.07) is 14.2. The quantitative estimate of drug-likeness (QED) is 0.225. The number of aromatic nitrogens is 4. The standard InChI is InChI=1S/4C7H4N.Pt/c4*1-2-7-4-3-5-8-6-7;/h4*3-6H;/q4*-1;+4. The van der Waals surface area contributed by atoms with Gasteiger partial charge < -0.3 is 25.7 Å². The van der Waals surface area contributed by atoms with Crippen molar-refractivity contribution in [1.29, 1.82) is 0 Å². The Kier molecular flexibility index (Phi) is 16.8. The van der Waals surface area contributed by atoms with Gasteiger partial charge in [0, 0.05) is 24.8 Å². The van der Waals surface area contributed by atoms with Crippen LogP contribution in [0.4, 0.5) is 0 Å². The van der Waals surface area contributed by atoms with E-state index in [4.69, 9.17) is 25.7 Å². The van der Waals surface area contributed by atoms with E-state index in [-0.39, 0.29) is 21.1 Å². The van der Waals surface area contributed by atoms with Gasteiger partial charge in [0.05, 0.1) is 0 Å². The first-order valence-electron chi connectivity index (χ1n) is 9.04. The molecule has 5 heteroatoms. The van der Waals surface area contributed by atoms with Gasteiger partial charge in [-0.3, -0.25) is 43.6 Å². The summed E-state index contributed by atoms with van der Waals surface area (Å²) < 4.78 is 0. The van der Waals surface area contributed by atoms with Crippen LogP contribution in [-0.4, -0.2) is 19.9 Å². The van der Waals surface area contributed by atoms with Gasteiger partial charge in [0.25, 0.3) is 0 Å². The molecule has 158 valence electrons. The topological polar surface area (TPSA) is 51.6 Å². The molecule has 0 atom stereocenters. The van der Waals surface area contributed by atoms with Gasteiger partial charge in [-0.1, -0.05) is 24.3 Å². The molecular weight excluding hydrogens is 587 g/mol. The Bertz CT molecular complexity index is 986. The zero-order valence-electron chi connectivity index (χ0n) is 17.3. The molecule has 0 fully saturated rings. The number of nitrogens with zero attached hydrogens (tertiary/aromatic N) is 4. The van der Waals surface area contributed by atoms with Crippen LogP contribution < -0.4 is 0 Å². The summed E-state index contributed by atoms with van der Waals surface area (Å²) in [6.45, 7) is 0. The number of pyridine rings is 4. The Balaban J connectivity index is 0.000000410. The smallest absolute Gasteiger partial charge is 0.366 e. The van der Waals surface area contributed by atoms with E-state index in [1.165, 1.54) is 0 Å². The largest absolute Gasteiger partial charge is 4.00 e. The maximum absolute atomic E-state index is 6.65. The fraction of sp³-hybridized carbons (Fsp3) is 0. The second-order valence-electron chi connectivity index (χ2n) is 5.47. The summed E-state index contributed by atoms with van der Waals surface area (Å²) >= 11 is 0. The van der Waals surface area contributed by atoms with Crippen LogP contribution >= 0.6 is 0 Å². The van der Waals surface area contributed by atoms with Crippen molar-refractivity contribution in [3.05, 3.63) is 146 Å². The third kappa shape index (κ3) is 14.2. The van der Waals surface area contributed by atoms with Crippen LogP contribution in [-0.2, 0) is 21.1 Å². The summed E-state index contributed by atoms with van der Waals surface area (Å²) in [6.07, 6.45) is 39.6. The molecule has 0 N–H and O–H groups in total. The van der Waals surface area contributed by atoms with E-state index in [9.17, 15) is 0 Å². The summed E-state index contributed by atoms with van der Waals surface area (Å²) in [5.41, 5.74) is 2.86. The van der Waals surface area contributed by atoms with E-state index < -0.39 is 0 Å². The molecule has 4 aromatic rings. The first-order valence-corrected chi connectivity index (χ1v) is 9.04. The molecule has 4 nitrogen and oxygen atoms in total. The van der Waals surface area contributed by atoms with Crippen LogP contribution in [0.5, 0.6) is 0 Å². The molecule has 0 spiro atoms. The molecule has 0 saturated carbocycles. The predicted octanol–water partition coefficient (Wildman–Crippen LogP) is 4.08. The number of hydrogen-bond acceptors (Lipinski definition) is 4. The number of rotatable bonds is 0. The van der Waals surface area contributed by atoms with Gasteiger partial charge >= 0.3 is 21.1 Å². The van der Waals surface area contributed by atoms with Crippen LogP contribution in [0, 0.1) is 49.4 Å². The van der Waals surface area contributed by atoms with Gasteiger partial charge in [0.2, 0.25) is 0 Å². The fourth-order valence-electron chi connectivity index (χ4n) is 1.75. The van der Waals surface area contributed by atoms with Crippen LogP contribution in [0.1, 0.15) is 22.3 Å². The van der Waals surface area contributed by atoms with E-state index >= 15 is 0 Å². The van der Waals surface area contributed by atoms with Crippen molar-refractivity contribution in [2.45, 2.75) is 0 Å². The zero-order chi connectivity index (χ0) is 23.3. The minimum Gasteiger partial charge on any atom is -0.366 e. The van der Waals surface area contributed by atoms with Gasteiger partial charge in [-0.25, -0.2) is 0 Å². The molecule has 0 aromatic carbocycles. The van der Waals surface area contributed by atoms with Crippen molar-refractivity contribution >= 4 is 0 Å². The average molecular weight is 604 g/mol. The summed E-state index contributed by atoms with van der Waals surface area (Å²) in [4.78, 5) is 15.1. The molecule has 33 heavy (non-hydrogen) atoms. The van der Waals surface area contributed by atoms with E-state index in [2.05, 4.69) is 43.6 Å². The molecular formula is C28H16N4Pt. The van der Waals surface area contributed by atoms with E-state index in [0.29, 0.717) is 22.3 Å². The third-order valence-corrected chi connectivity index (χ3v) is 3.22. The Morgan fingerprint density at radius 2 is 0.636 bits per heavy atom. The summed E-state index contributed by atoms with van der Waals surface area (Å²) in [5, 5.41) is 0. The maximum Gasteiger partial charge on any atom is 4.00 e. The van der Waals surface area contributed by atoms with Crippen molar-refractivity contribution in [1.82, 2.24) is 19.9 Å². The number of hydrogen-bond donors (Lipinski definition) is 0. The van der Waals surface area contributed by atoms with Crippen molar-refractivity contribution in [3.8, 4) is 23.7 Å². The molecule has 0 bridgehead atoms. The van der Waals surface area contributed by atoms with Gasteiger partial charge in [0.1, 0.15) is 0 Å². The first kappa shape index (κ1) is 28.5. The van der Waals surface area contributed by atoms with Crippen LogP contribution in [0.3, 0.4) is 0 Å². The predicted molar refractivity (Wildman–Crippen MR) is 122 cm³/mol. The van der Waals surface area contributed by atoms with Gasteiger partial charge in [-0.15, -0.1) is 46.5 Å². The molecule has 4 aromatic heterocycles. The summed E-state index contributed by atoms with van der Waals surface area (Å²) in [5.74, 6) is 8.86. The van der Waals surface area contributed by atoms with Crippen LogP contribution in [0.15, 0.2) is 98.1 Å². The molecule has 4 heterocycles. The first-order chi connectivity index (χ1) is 15.7. The van der Waals surface area contributed by atoms with Gasteiger partial charge in [-0.05, 0) is 24.8 Å². The minimum atomic E-state index is 0. The zero-order valence-corrected chi connectivity index (χ0v) is 19.6. The fourth-order valence-corrected chi connectivity index (χ4v) is 1.75. The molecule has 0 saturated heterocycles. The second-order valence-corrected chi connectivity index (χ2v) is 5.47. The normalized spacial score (nSPS) is 7.64. The molecule has 4 rings (SSSR count). The minimum absolute atomic E-state index is 0. The van der Waals surface area contributed by atoms with Crippen molar-refractivity contribution in [2.75, 3.05) is 0 Å². The van der Waals surface area contributed by atoms with E-state index in [0.717, 1.165) is 0 Å². The SMILES string of the molecule is [C-]#Cc1cccnc1.[C-]#Cc1cccnc1.[C-]#Cc1cccnc1.[C-]#Cc1cccnc1.[Pt+4]. The molecule has 0 unspecified atom stereocenters. The molecule has 0 aliphatic heterocycles. The Labute approximate surface area is 210 Å². The van der Waals surface area contributed by atoms with Crippen LogP contribution in [0.25, 0.3) is 0 Å². The average Bonchev–Trinajstić information content (AvgIpc) is 2.91. The molecule has 0 aliphatic rings. The third-order valence-electron chi connectivity index (χ3n) is 3.22. The maximum atomic E-state index is 6.65. The summed E-state index contributed by atoms with van der Waals surface area (Å²) in [7, 11) is 0. The van der Waals surface area contributed by atoms with Crippen molar-refractivity contribution < 1.29 is 21.1 Å². The van der Waals surface area contributed by atoms with Crippen LogP contribution in [0.2, 0.25) is 0 Å². The monoisotopic (exact) mass is 603 g/mol. The molecule has 0 amide bonds. The Morgan fingerprint density at radius 3 is 0.727 bits per heavy atom. The van der Waals surface area contributed by atoms with E-state index in [1.807, 2.05) is 0 Å².